The van der Waals surface area contributed by atoms with Gasteiger partial charge in [-0.1, -0.05) is 0 Å². The summed E-state index contributed by atoms with van der Waals surface area (Å²) < 4.78 is 0. The van der Waals surface area contributed by atoms with Gasteiger partial charge in [0.15, 0.2) is 0 Å². The summed E-state index contributed by atoms with van der Waals surface area (Å²) >= 11 is 0. The Balaban J connectivity index is 2.17. The number of likely N-dealkylation sites (N-methyl/N-ethyl adjacent to an activating group) is 2. The molecule has 1 amide bonds. The number of aliphatic hydroxyl groups excluding tert-OH is 1. The molecule has 1 aliphatic carbocycles. The molecule has 76 valence electrons. The molecule has 0 spiro atoms. The normalized spacial score (nSPS) is 26.7. The van der Waals surface area contributed by atoms with E-state index in [9.17, 15) is 4.79 Å². The Hall–Kier alpha value is -0.610. The molecule has 13 heavy (non-hydrogen) atoms. The second kappa shape index (κ2) is 4.58. The Morgan fingerprint density at radius 3 is 2.69 bits per heavy atom. The monoisotopic (exact) mass is 186 g/mol. The minimum absolute atomic E-state index is 0.115. The summed E-state index contributed by atoms with van der Waals surface area (Å²) in [5.41, 5.74) is 0. The van der Waals surface area contributed by atoms with Gasteiger partial charge in [0, 0.05) is 13.6 Å². The van der Waals surface area contributed by atoms with Crippen LogP contribution in [0.5, 0.6) is 0 Å². The average Bonchev–Trinajstić information content (AvgIpc) is 2.02. The zero-order valence-corrected chi connectivity index (χ0v) is 8.29. The first-order valence-electron chi connectivity index (χ1n) is 4.70. The van der Waals surface area contributed by atoms with E-state index in [0.29, 0.717) is 12.5 Å². The third kappa shape index (κ3) is 2.97. The Bertz CT molecular complexity index is 178. The first-order valence-corrected chi connectivity index (χ1v) is 4.70. The second-order valence-electron chi connectivity index (χ2n) is 3.80. The summed E-state index contributed by atoms with van der Waals surface area (Å²) in [6, 6.07) is 0. The van der Waals surface area contributed by atoms with Gasteiger partial charge in [0.25, 0.3) is 0 Å². The van der Waals surface area contributed by atoms with Gasteiger partial charge in [-0.15, -0.1) is 0 Å². The summed E-state index contributed by atoms with van der Waals surface area (Å²) in [7, 11) is 3.57. The summed E-state index contributed by atoms with van der Waals surface area (Å²) in [4.78, 5) is 13.0. The number of amides is 1. The van der Waals surface area contributed by atoms with E-state index in [-0.39, 0.29) is 12.0 Å². The molecule has 0 aromatic rings. The van der Waals surface area contributed by atoms with Gasteiger partial charge in [-0.25, -0.2) is 0 Å². The lowest BCUT2D eigenvalue weighted by molar-refractivity contribution is -0.130. The molecule has 1 fully saturated rings. The molecule has 0 aromatic carbocycles. The van der Waals surface area contributed by atoms with Crippen LogP contribution < -0.4 is 5.32 Å². The average molecular weight is 186 g/mol. The molecule has 2 N–H and O–H groups in total. The van der Waals surface area contributed by atoms with Crippen molar-refractivity contribution in [2.45, 2.75) is 18.9 Å². The molecular weight excluding hydrogens is 168 g/mol. The Morgan fingerprint density at radius 1 is 1.62 bits per heavy atom. The molecule has 0 heterocycles. The lowest BCUT2D eigenvalue weighted by Crippen LogP contribution is -2.42. The number of nitrogens with one attached hydrogen (secondary N) is 1. The Labute approximate surface area is 78.9 Å². The number of aliphatic hydroxyl groups is 1. The zero-order chi connectivity index (χ0) is 9.84. The van der Waals surface area contributed by atoms with Crippen molar-refractivity contribution in [1.82, 2.24) is 10.2 Å². The van der Waals surface area contributed by atoms with Gasteiger partial charge in [-0.3, -0.25) is 4.79 Å². The van der Waals surface area contributed by atoms with Crippen molar-refractivity contribution < 1.29 is 9.90 Å². The van der Waals surface area contributed by atoms with Gasteiger partial charge >= 0.3 is 0 Å². The van der Waals surface area contributed by atoms with Crippen LogP contribution in [0.25, 0.3) is 0 Å². The van der Waals surface area contributed by atoms with Gasteiger partial charge in [-0.2, -0.15) is 0 Å². The van der Waals surface area contributed by atoms with Crippen LogP contribution in [0.4, 0.5) is 0 Å². The highest BCUT2D eigenvalue weighted by molar-refractivity contribution is 5.77. The fourth-order valence-corrected chi connectivity index (χ4v) is 1.62. The van der Waals surface area contributed by atoms with Crippen LogP contribution in [0, 0.1) is 5.92 Å². The molecular formula is C9H18N2O2. The van der Waals surface area contributed by atoms with E-state index in [0.717, 1.165) is 19.4 Å². The van der Waals surface area contributed by atoms with Crippen LogP contribution in [0.3, 0.4) is 0 Å². The number of carbonyl (C=O) groups excluding carboxylic acids is 1. The summed E-state index contributed by atoms with van der Waals surface area (Å²) in [5.74, 6) is 0.615. The van der Waals surface area contributed by atoms with Crippen molar-refractivity contribution in [3.63, 3.8) is 0 Å². The van der Waals surface area contributed by atoms with Crippen molar-refractivity contribution >= 4 is 5.91 Å². The highest BCUT2D eigenvalue weighted by Crippen LogP contribution is 2.27. The zero-order valence-electron chi connectivity index (χ0n) is 8.29. The Kier molecular flexibility index (Phi) is 3.69. The van der Waals surface area contributed by atoms with Crippen molar-refractivity contribution in [2.75, 3.05) is 27.2 Å². The van der Waals surface area contributed by atoms with Crippen LogP contribution in [0.2, 0.25) is 0 Å². The van der Waals surface area contributed by atoms with E-state index in [4.69, 9.17) is 5.11 Å². The minimum atomic E-state index is -0.127. The Morgan fingerprint density at radius 2 is 2.23 bits per heavy atom. The van der Waals surface area contributed by atoms with Gasteiger partial charge in [0.2, 0.25) is 5.91 Å². The maximum Gasteiger partial charge on any atom is 0.236 e. The van der Waals surface area contributed by atoms with Crippen LogP contribution >= 0.6 is 0 Å². The van der Waals surface area contributed by atoms with Crippen molar-refractivity contribution in [3.05, 3.63) is 0 Å². The molecule has 0 radical (unpaired) electrons. The predicted molar refractivity (Wildman–Crippen MR) is 50.3 cm³/mol. The van der Waals surface area contributed by atoms with E-state index in [2.05, 4.69) is 5.32 Å². The molecule has 1 saturated carbocycles. The highest BCUT2D eigenvalue weighted by Gasteiger charge is 2.28. The lowest BCUT2D eigenvalue weighted by atomic mass is 9.82. The number of nitrogens with zero attached hydrogens (tertiary/aromatic N) is 1. The topological polar surface area (TPSA) is 52.6 Å². The third-order valence-corrected chi connectivity index (χ3v) is 2.50. The van der Waals surface area contributed by atoms with E-state index in [1.54, 1.807) is 11.9 Å². The van der Waals surface area contributed by atoms with Crippen LogP contribution in [0.15, 0.2) is 0 Å². The van der Waals surface area contributed by atoms with Crippen molar-refractivity contribution in [1.29, 1.82) is 0 Å². The standard InChI is InChI=1S/C9H18N2O2/c1-10-5-9(13)11(2)6-7-3-8(12)4-7/h7-8,10,12H,3-6H2,1-2H3. The summed E-state index contributed by atoms with van der Waals surface area (Å²) in [6.07, 6.45) is 1.56. The van der Waals surface area contributed by atoms with Crippen LogP contribution in [-0.4, -0.2) is 49.2 Å². The smallest absolute Gasteiger partial charge is 0.236 e. The molecule has 0 saturated heterocycles. The fraction of sp³-hybridized carbons (Fsp3) is 0.889. The van der Waals surface area contributed by atoms with Crippen molar-refractivity contribution in [3.8, 4) is 0 Å². The molecule has 1 rings (SSSR count). The lowest BCUT2D eigenvalue weighted by Gasteiger charge is -2.34. The number of hydrogen-bond donors (Lipinski definition) is 2. The number of rotatable bonds is 4. The SMILES string of the molecule is CNCC(=O)N(C)CC1CC(O)C1. The number of carbonyl (C=O) groups is 1. The summed E-state index contributed by atoms with van der Waals surface area (Å²) in [5, 5.41) is 11.9. The molecule has 0 bridgehead atoms. The number of hydrogen-bond acceptors (Lipinski definition) is 3. The fourth-order valence-electron chi connectivity index (χ4n) is 1.62. The van der Waals surface area contributed by atoms with Gasteiger partial charge in [0.05, 0.1) is 12.6 Å². The second-order valence-corrected chi connectivity index (χ2v) is 3.80. The molecule has 1 aliphatic rings. The molecule has 0 aliphatic heterocycles. The first-order chi connectivity index (χ1) is 6.13. The van der Waals surface area contributed by atoms with Gasteiger partial charge in [-0.05, 0) is 25.8 Å². The molecule has 0 atom stereocenters. The van der Waals surface area contributed by atoms with Crippen LogP contribution in [0.1, 0.15) is 12.8 Å². The van der Waals surface area contributed by atoms with E-state index in [1.165, 1.54) is 0 Å². The molecule has 0 unspecified atom stereocenters. The molecule has 4 nitrogen and oxygen atoms in total. The predicted octanol–water partition coefficient (Wildman–Crippen LogP) is -0.565. The first kappa shape index (κ1) is 10.5. The van der Waals surface area contributed by atoms with E-state index < -0.39 is 0 Å². The van der Waals surface area contributed by atoms with Crippen molar-refractivity contribution in [2.24, 2.45) is 5.92 Å². The molecule has 0 aromatic heterocycles. The van der Waals surface area contributed by atoms with Gasteiger partial charge in [0.1, 0.15) is 0 Å². The van der Waals surface area contributed by atoms with E-state index in [1.807, 2.05) is 7.05 Å². The van der Waals surface area contributed by atoms with Gasteiger partial charge < -0.3 is 15.3 Å². The maximum absolute atomic E-state index is 11.3. The quantitative estimate of drug-likeness (QED) is 0.618. The minimum Gasteiger partial charge on any atom is -0.393 e. The molecule has 4 heteroatoms. The van der Waals surface area contributed by atoms with E-state index >= 15 is 0 Å². The largest absolute Gasteiger partial charge is 0.393 e. The maximum atomic E-state index is 11.3. The third-order valence-electron chi connectivity index (χ3n) is 2.50. The highest BCUT2D eigenvalue weighted by atomic mass is 16.3. The van der Waals surface area contributed by atoms with Crippen LogP contribution in [-0.2, 0) is 4.79 Å². The summed E-state index contributed by atoms with van der Waals surface area (Å²) in [6.45, 7) is 1.17.